The van der Waals surface area contributed by atoms with Crippen LogP contribution in [-0.2, 0) is 0 Å². The van der Waals surface area contributed by atoms with Crippen LogP contribution in [0.4, 0.5) is 10.1 Å². The standard InChI is InChI=1S/C14H19FN2/c1-9-3-2-4-13(15)14(9)17-11-5-6-12(17)8-10(16)7-11/h2-4,10-12H,5-8,16H2,1H3. The van der Waals surface area contributed by atoms with Crippen molar-refractivity contribution < 1.29 is 4.39 Å². The van der Waals surface area contributed by atoms with Crippen molar-refractivity contribution in [1.29, 1.82) is 0 Å². The monoisotopic (exact) mass is 234 g/mol. The molecule has 1 aromatic rings. The number of hydrogen-bond donors (Lipinski definition) is 1. The number of piperidine rings is 1. The molecule has 2 fully saturated rings. The molecular weight excluding hydrogens is 215 g/mol. The number of rotatable bonds is 1. The number of fused-ring (bicyclic) bond motifs is 2. The third-order valence-corrected chi connectivity index (χ3v) is 4.22. The zero-order chi connectivity index (χ0) is 12.0. The van der Waals surface area contributed by atoms with E-state index in [1.165, 1.54) is 0 Å². The van der Waals surface area contributed by atoms with E-state index in [1.807, 2.05) is 13.0 Å². The molecule has 2 aliphatic heterocycles. The molecule has 2 nitrogen and oxygen atoms in total. The van der Waals surface area contributed by atoms with Crippen molar-refractivity contribution in [1.82, 2.24) is 0 Å². The zero-order valence-electron chi connectivity index (χ0n) is 10.2. The Morgan fingerprint density at radius 1 is 1.24 bits per heavy atom. The van der Waals surface area contributed by atoms with E-state index >= 15 is 0 Å². The maximum Gasteiger partial charge on any atom is 0.146 e. The topological polar surface area (TPSA) is 29.3 Å². The number of halogens is 1. The van der Waals surface area contributed by atoms with Crippen molar-refractivity contribution >= 4 is 5.69 Å². The molecule has 2 unspecified atom stereocenters. The van der Waals surface area contributed by atoms with Gasteiger partial charge in [-0.15, -0.1) is 0 Å². The second kappa shape index (κ2) is 3.98. The normalized spacial score (nSPS) is 31.9. The number of aryl methyl sites for hydroxylation is 1. The maximum absolute atomic E-state index is 14.0. The Hall–Kier alpha value is -1.09. The Morgan fingerprint density at radius 3 is 2.47 bits per heavy atom. The third-order valence-electron chi connectivity index (χ3n) is 4.22. The van der Waals surface area contributed by atoms with E-state index in [1.54, 1.807) is 12.1 Å². The summed E-state index contributed by atoms with van der Waals surface area (Å²) in [5.41, 5.74) is 7.90. The van der Waals surface area contributed by atoms with Gasteiger partial charge in [0.2, 0.25) is 0 Å². The van der Waals surface area contributed by atoms with Crippen LogP contribution in [0.25, 0.3) is 0 Å². The van der Waals surface area contributed by atoms with Crippen molar-refractivity contribution in [3.8, 4) is 0 Å². The van der Waals surface area contributed by atoms with Crippen LogP contribution in [0.1, 0.15) is 31.2 Å². The molecule has 92 valence electrons. The van der Waals surface area contributed by atoms with E-state index < -0.39 is 0 Å². The molecule has 2 aliphatic rings. The van der Waals surface area contributed by atoms with Crippen molar-refractivity contribution in [2.45, 2.75) is 50.7 Å². The van der Waals surface area contributed by atoms with Crippen LogP contribution in [0.3, 0.4) is 0 Å². The van der Waals surface area contributed by atoms with E-state index in [9.17, 15) is 4.39 Å². The highest BCUT2D eigenvalue weighted by atomic mass is 19.1. The first-order chi connectivity index (χ1) is 8.16. The summed E-state index contributed by atoms with van der Waals surface area (Å²) in [6, 6.07) is 6.53. The van der Waals surface area contributed by atoms with Gasteiger partial charge < -0.3 is 10.6 Å². The fraction of sp³-hybridized carbons (Fsp3) is 0.571. The molecule has 0 aliphatic carbocycles. The summed E-state index contributed by atoms with van der Waals surface area (Å²) in [6.45, 7) is 1.99. The van der Waals surface area contributed by atoms with Gasteiger partial charge in [-0.1, -0.05) is 12.1 Å². The summed E-state index contributed by atoms with van der Waals surface area (Å²) in [6.07, 6.45) is 4.33. The Kier molecular flexibility index (Phi) is 2.58. The summed E-state index contributed by atoms with van der Waals surface area (Å²) in [5, 5.41) is 0. The van der Waals surface area contributed by atoms with Crippen LogP contribution in [0.15, 0.2) is 18.2 Å². The average Bonchev–Trinajstić information content (AvgIpc) is 2.54. The Balaban J connectivity index is 2.00. The van der Waals surface area contributed by atoms with Crippen LogP contribution in [0.2, 0.25) is 0 Å². The second-order valence-electron chi connectivity index (χ2n) is 5.43. The fourth-order valence-corrected chi connectivity index (χ4v) is 3.53. The molecule has 0 saturated carbocycles. The lowest BCUT2D eigenvalue weighted by Gasteiger charge is -2.40. The first-order valence-electron chi connectivity index (χ1n) is 6.46. The molecule has 17 heavy (non-hydrogen) atoms. The van der Waals surface area contributed by atoms with Gasteiger partial charge in [-0.3, -0.25) is 0 Å². The van der Waals surface area contributed by atoms with Gasteiger partial charge in [-0.2, -0.15) is 0 Å². The highest BCUT2D eigenvalue weighted by Gasteiger charge is 2.40. The molecule has 3 rings (SSSR count). The number of nitrogens with zero attached hydrogens (tertiary/aromatic N) is 1. The predicted octanol–water partition coefficient (Wildman–Crippen LogP) is 2.59. The molecule has 0 spiro atoms. The largest absolute Gasteiger partial charge is 0.363 e. The molecule has 2 bridgehead atoms. The molecule has 0 aromatic heterocycles. The Bertz CT molecular complexity index is 398. The van der Waals surface area contributed by atoms with E-state index in [4.69, 9.17) is 5.73 Å². The number of benzene rings is 1. The fourth-order valence-electron chi connectivity index (χ4n) is 3.53. The highest BCUT2D eigenvalue weighted by molar-refractivity contribution is 5.57. The minimum absolute atomic E-state index is 0.0858. The van der Waals surface area contributed by atoms with Gasteiger partial charge in [0.05, 0.1) is 5.69 Å². The highest BCUT2D eigenvalue weighted by Crippen LogP contribution is 2.41. The van der Waals surface area contributed by atoms with E-state index in [0.717, 1.165) is 36.9 Å². The van der Waals surface area contributed by atoms with Gasteiger partial charge in [-0.05, 0) is 44.2 Å². The van der Waals surface area contributed by atoms with Crippen LogP contribution >= 0.6 is 0 Å². The van der Waals surface area contributed by atoms with E-state index in [2.05, 4.69) is 4.90 Å². The maximum atomic E-state index is 14.0. The molecule has 3 heteroatoms. The van der Waals surface area contributed by atoms with Crippen LogP contribution < -0.4 is 10.6 Å². The summed E-state index contributed by atoms with van der Waals surface area (Å²) >= 11 is 0. The lowest BCUT2D eigenvalue weighted by molar-refractivity contribution is 0.409. The van der Waals surface area contributed by atoms with Crippen molar-refractivity contribution in [2.24, 2.45) is 5.73 Å². The van der Waals surface area contributed by atoms with E-state index in [0.29, 0.717) is 18.1 Å². The molecule has 2 heterocycles. The number of anilines is 1. The number of para-hydroxylation sites is 1. The third kappa shape index (κ3) is 1.73. The number of hydrogen-bond acceptors (Lipinski definition) is 2. The van der Waals surface area contributed by atoms with Gasteiger partial charge in [0, 0.05) is 18.1 Å². The summed E-state index contributed by atoms with van der Waals surface area (Å²) in [7, 11) is 0. The predicted molar refractivity (Wildman–Crippen MR) is 67.6 cm³/mol. The molecule has 0 radical (unpaired) electrons. The van der Waals surface area contributed by atoms with Crippen molar-refractivity contribution in [2.75, 3.05) is 4.90 Å². The molecule has 2 atom stereocenters. The summed E-state index contributed by atoms with van der Waals surface area (Å²) < 4.78 is 14.0. The first-order valence-corrected chi connectivity index (χ1v) is 6.46. The van der Waals surface area contributed by atoms with Crippen LogP contribution in [-0.4, -0.2) is 18.1 Å². The van der Waals surface area contributed by atoms with Crippen LogP contribution in [0, 0.1) is 12.7 Å². The van der Waals surface area contributed by atoms with Gasteiger partial charge in [0.1, 0.15) is 5.82 Å². The van der Waals surface area contributed by atoms with Gasteiger partial charge in [0.15, 0.2) is 0 Å². The minimum Gasteiger partial charge on any atom is -0.363 e. The average molecular weight is 234 g/mol. The Labute approximate surface area is 102 Å². The number of nitrogens with two attached hydrogens (primary N) is 1. The molecule has 0 amide bonds. The lowest BCUT2D eigenvalue weighted by Crippen LogP contribution is -2.48. The molecule has 2 saturated heterocycles. The first kappa shape index (κ1) is 11.0. The zero-order valence-corrected chi connectivity index (χ0v) is 10.2. The van der Waals surface area contributed by atoms with E-state index in [-0.39, 0.29) is 5.82 Å². The van der Waals surface area contributed by atoms with Crippen molar-refractivity contribution in [3.05, 3.63) is 29.6 Å². The molecule has 2 N–H and O–H groups in total. The van der Waals surface area contributed by atoms with Gasteiger partial charge in [-0.25, -0.2) is 4.39 Å². The molecule has 1 aromatic carbocycles. The van der Waals surface area contributed by atoms with Gasteiger partial charge >= 0.3 is 0 Å². The van der Waals surface area contributed by atoms with Crippen LogP contribution in [0.5, 0.6) is 0 Å². The molecular formula is C14H19FN2. The lowest BCUT2D eigenvalue weighted by atomic mass is 9.96. The summed E-state index contributed by atoms with van der Waals surface area (Å²) in [4.78, 5) is 2.30. The minimum atomic E-state index is -0.0858. The summed E-state index contributed by atoms with van der Waals surface area (Å²) in [5.74, 6) is -0.0858. The smallest absolute Gasteiger partial charge is 0.146 e. The Morgan fingerprint density at radius 2 is 1.88 bits per heavy atom. The van der Waals surface area contributed by atoms with Gasteiger partial charge in [0.25, 0.3) is 0 Å². The SMILES string of the molecule is Cc1cccc(F)c1N1C2CCC1CC(N)C2. The second-order valence-corrected chi connectivity index (χ2v) is 5.43. The quantitative estimate of drug-likeness (QED) is 0.809. The van der Waals surface area contributed by atoms with Crippen molar-refractivity contribution in [3.63, 3.8) is 0 Å².